The van der Waals surface area contributed by atoms with Crippen LogP contribution in [0.15, 0.2) is 30.3 Å². The molecule has 0 unspecified atom stereocenters. The van der Waals surface area contributed by atoms with Gasteiger partial charge in [-0.3, -0.25) is 0 Å². The standard InChI is InChI=1S/C24H40N2O3/c1-4-26(24(27)29-20-21-12-8-7-9-13-21)22-14-16-23(17-15-22)28-19-11-6-5-10-18-25(2)3/h7-9,12-13,22-23H,4-6,10-11,14-20H2,1-3H3/t22-,23-. The van der Waals surface area contributed by atoms with E-state index in [0.29, 0.717) is 19.3 Å². The summed E-state index contributed by atoms with van der Waals surface area (Å²) in [6, 6.07) is 10.1. The summed E-state index contributed by atoms with van der Waals surface area (Å²) in [5.74, 6) is 0. The van der Waals surface area contributed by atoms with E-state index < -0.39 is 0 Å². The van der Waals surface area contributed by atoms with Crippen LogP contribution in [0.1, 0.15) is 63.9 Å². The lowest BCUT2D eigenvalue weighted by molar-refractivity contribution is 0.00403. The lowest BCUT2D eigenvalue weighted by Gasteiger charge is -2.35. The molecule has 1 saturated carbocycles. The second-order valence-electron chi connectivity index (χ2n) is 8.35. The van der Waals surface area contributed by atoms with Crippen molar-refractivity contribution in [3.05, 3.63) is 35.9 Å². The largest absolute Gasteiger partial charge is 0.445 e. The number of unbranched alkanes of at least 4 members (excludes halogenated alkanes) is 3. The number of carbonyl (C=O) groups excluding carboxylic acids is 1. The molecule has 0 bridgehead atoms. The summed E-state index contributed by atoms with van der Waals surface area (Å²) in [7, 11) is 4.25. The van der Waals surface area contributed by atoms with Crippen molar-refractivity contribution in [1.29, 1.82) is 0 Å². The fraction of sp³-hybridized carbons (Fsp3) is 0.708. The van der Waals surface area contributed by atoms with Crippen LogP contribution in [0.5, 0.6) is 0 Å². The molecule has 29 heavy (non-hydrogen) atoms. The second-order valence-corrected chi connectivity index (χ2v) is 8.35. The van der Waals surface area contributed by atoms with Crippen LogP contribution in [-0.2, 0) is 16.1 Å². The smallest absolute Gasteiger partial charge is 0.410 e. The maximum atomic E-state index is 12.5. The van der Waals surface area contributed by atoms with Gasteiger partial charge in [0.2, 0.25) is 0 Å². The van der Waals surface area contributed by atoms with E-state index in [2.05, 4.69) is 19.0 Å². The molecular formula is C24H40N2O3. The van der Waals surface area contributed by atoms with Gasteiger partial charge in [-0.25, -0.2) is 4.79 Å². The molecule has 1 aliphatic rings. The number of rotatable bonds is 12. The zero-order chi connectivity index (χ0) is 20.9. The normalized spacial score (nSPS) is 19.3. The molecule has 0 spiro atoms. The number of carbonyl (C=O) groups is 1. The van der Waals surface area contributed by atoms with Gasteiger partial charge in [-0.15, -0.1) is 0 Å². The summed E-state index contributed by atoms with van der Waals surface area (Å²) in [6.45, 7) is 5.10. The second kappa shape index (κ2) is 13.6. The Labute approximate surface area is 177 Å². The first-order valence-corrected chi connectivity index (χ1v) is 11.3. The molecule has 2 rings (SSSR count). The van der Waals surface area contributed by atoms with Gasteiger partial charge in [0, 0.05) is 19.2 Å². The highest BCUT2D eigenvalue weighted by Gasteiger charge is 2.29. The van der Waals surface area contributed by atoms with Crippen LogP contribution in [-0.4, -0.2) is 61.8 Å². The molecule has 1 aliphatic carbocycles. The Hall–Kier alpha value is -1.59. The van der Waals surface area contributed by atoms with Crippen molar-refractivity contribution >= 4 is 6.09 Å². The van der Waals surface area contributed by atoms with Gasteiger partial charge in [-0.2, -0.15) is 0 Å². The minimum absolute atomic E-state index is 0.196. The van der Waals surface area contributed by atoms with Gasteiger partial charge < -0.3 is 19.3 Å². The van der Waals surface area contributed by atoms with Crippen LogP contribution in [0.3, 0.4) is 0 Å². The number of ether oxygens (including phenoxy) is 2. The van der Waals surface area contributed by atoms with Crippen molar-refractivity contribution in [2.75, 3.05) is 33.8 Å². The average Bonchev–Trinajstić information content (AvgIpc) is 2.73. The van der Waals surface area contributed by atoms with E-state index in [0.717, 1.165) is 44.3 Å². The zero-order valence-corrected chi connectivity index (χ0v) is 18.6. The fourth-order valence-corrected chi connectivity index (χ4v) is 4.00. The molecule has 1 aromatic carbocycles. The van der Waals surface area contributed by atoms with E-state index >= 15 is 0 Å². The number of hydrogen-bond acceptors (Lipinski definition) is 4. The SMILES string of the molecule is CCN(C(=O)OCc1ccccc1)[C@H]1CC[C@H](OCCCCCCN(C)C)CC1. The van der Waals surface area contributed by atoms with Crippen LogP contribution < -0.4 is 0 Å². The van der Waals surface area contributed by atoms with Crippen LogP contribution in [0.25, 0.3) is 0 Å². The number of amides is 1. The highest BCUT2D eigenvalue weighted by molar-refractivity contribution is 5.68. The molecule has 5 nitrogen and oxygen atoms in total. The Balaban J connectivity index is 1.60. The molecule has 5 heteroatoms. The Kier molecular flexibility index (Phi) is 11.1. The molecule has 0 heterocycles. The topological polar surface area (TPSA) is 42.0 Å². The number of nitrogens with zero attached hydrogens (tertiary/aromatic N) is 2. The third-order valence-electron chi connectivity index (χ3n) is 5.72. The minimum atomic E-state index is -0.196. The van der Waals surface area contributed by atoms with Crippen molar-refractivity contribution in [2.45, 2.75) is 77.0 Å². The monoisotopic (exact) mass is 404 g/mol. The summed E-state index contributed by atoms with van der Waals surface area (Å²) in [6.07, 6.45) is 9.19. The van der Waals surface area contributed by atoms with Gasteiger partial charge in [0.1, 0.15) is 6.61 Å². The summed E-state index contributed by atoms with van der Waals surface area (Å²) in [5, 5.41) is 0. The summed E-state index contributed by atoms with van der Waals surface area (Å²) < 4.78 is 11.6. The molecule has 0 N–H and O–H groups in total. The Morgan fingerprint density at radius 2 is 1.69 bits per heavy atom. The van der Waals surface area contributed by atoms with Gasteiger partial charge in [0.25, 0.3) is 0 Å². The van der Waals surface area contributed by atoms with Gasteiger partial charge in [0.05, 0.1) is 6.10 Å². The van der Waals surface area contributed by atoms with Gasteiger partial charge >= 0.3 is 6.09 Å². The molecule has 0 atom stereocenters. The van der Waals surface area contributed by atoms with E-state index in [-0.39, 0.29) is 12.1 Å². The van der Waals surface area contributed by atoms with Crippen LogP contribution in [0, 0.1) is 0 Å². The quantitative estimate of drug-likeness (QED) is 0.455. The van der Waals surface area contributed by atoms with E-state index in [4.69, 9.17) is 9.47 Å². The third kappa shape index (κ3) is 9.18. The summed E-state index contributed by atoms with van der Waals surface area (Å²) in [4.78, 5) is 16.7. The van der Waals surface area contributed by atoms with Crippen molar-refractivity contribution in [1.82, 2.24) is 9.80 Å². The highest BCUT2D eigenvalue weighted by atomic mass is 16.6. The highest BCUT2D eigenvalue weighted by Crippen LogP contribution is 2.26. The Morgan fingerprint density at radius 3 is 2.34 bits per heavy atom. The first kappa shape index (κ1) is 23.7. The minimum Gasteiger partial charge on any atom is -0.445 e. The maximum Gasteiger partial charge on any atom is 0.410 e. The maximum absolute atomic E-state index is 12.5. The molecule has 0 radical (unpaired) electrons. The Morgan fingerprint density at radius 1 is 1.00 bits per heavy atom. The average molecular weight is 405 g/mol. The predicted octanol–water partition coefficient (Wildman–Crippen LogP) is 5.09. The summed E-state index contributed by atoms with van der Waals surface area (Å²) >= 11 is 0. The van der Waals surface area contributed by atoms with Gasteiger partial charge in [-0.05, 0) is 71.7 Å². The third-order valence-corrected chi connectivity index (χ3v) is 5.72. The Bertz CT molecular complexity index is 557. The molecule has 0 aliphatic heterocycles. The summed E-state index contributed by atoms with van der Waals surface area (Å²) in [5.41, 5.74) is 1.02. The first-order valence-electron chi connectivity index (χ1n) is 11.3. The molecule has 0 saturated heterocycles. The lowest BCUT2D eigenvalue weighted by Crippen LogP contribution is -2.43. The fourth-order valence-electron chi connectivity index (χ4n) is 4.00. The van der Waals surface area contributed by atoms with Crippen LogP contribution in [0.4, 0.5) is 4.79 Å². The van der Waals surface area contributed by atoms with Gasteiger partial charge in [0.15, 0.2) is 0 Å². The van der Waals surface area contributed by atoms with E-state index in [1.165, 1.54) is 25.8 Å². The van der Waals surface area contributed by atoms with Crippen molar-refractivity contribution in [2.24, 2.45) is 0 Å². The van der Waals surface area contributed by atoms with E-state index in [1.807, 2.05) is 42.2 Å². The molecule has 164 valence electrons. The lowest BCUT2D eigenvalue weighted by atomic mass is 9.92. The van der Waals surface area contributed by atoms with E-state index in [1.54, 1.807) is 0 Å². The van der Waals surface area contributed by atoms with Crippen molar-refractivity contribution in [3.63, 3.8) is 0 Å². The first-order chi connectivity index (χ1) is 14.1. The van der Waals surface area contributed by atoms with Crippen molar-refractivity contribution < 1.29 is 14.3 Å². The zero-order valence-electron chi connectivity index (χ0n) is 18.6. The molecule has 1 amide bonds. The number of hydrogen-bond donors (Lipinski definition) is 0. The molecule has 1 aromatic rings. The number of benzene rings is 1. The van der Waals surface area contributed by atoms with E-state index in [9.17, 15) is 4.79 Å². The van der Waals surface area contributed by atoms with Crippen molar-refractivity contribution in [3.8, 4) is 0 Å². The van der Waals surface area contributed by atoms with Crippen LogP contribution in [0.2, 0.25) is 0 Å². The van der Waals surface area contributed by atoms with Crippen LogP contribution >= 0.6 is 0 Å². The molecule has 0 aromatic heterocycles. The van der Waals surface area contributed by atoms with Gasteiger partial charge in [-0.1, -0.05) is 43.2 Å². The molecular weight excluding hydrogens is 364 g/mol. The predicted molar refractivity (Wildman–Crippen MR) is 118 cm³/mol. The molecule has 1 fully saturated rings.